The van der Waals surface area contributed by atoms with Crippen LogP contribution in [0.25, 0.3) is 0 Å². The molecule has 0 saturated carbocycles. The molecule has 0 aliphatic heterocycles. The smallest absolute Gasteiger partial charge is 0.103 e. The van der Waals surface area contributed by atoms with Gasteiger partial charge in [-0.2, -0.15) is 5.26 Å². The van der Waals surface area contributed by atoms with E-state index in [1.807, 2.05) is 12.1 Å². The van der Waals surface area contributed by atoms with Gasteiger partial charge in [0.05, 0.1) is 16.3 Å². The first-order chi connectivity index (χ1) is 7.79. The van der Waals surface area contributed by atoms with Gasteiger partial charge in [0.25, 0.3) is 0 Å². The molecule has 1 rings (SSSR count). The molecule has 0 fully saturated rings. The summed E-state index contributed by atoms with van der Waals surface area (Å²) in [6, 6.07) is 7.55. The third-order valence-electron chi connectivity index (χ3n) is 2.22. The van der Waals surface area contributed by atoms with Gasteiger partial charge in [0.15, 0.2) is 0 Å². The zero-order valence-electron chi connectivity index (χ0n) is 9.39. The molecule has 0 heterocycles. The van der Waals surface area contributed by atoms with Crippen molar-refractivity contribution in [3.63, 3.8) is 0 Å². The predicted octanol–water partition coefficient (Wildman–Crippen LogP) is 2.62. The molecule has 2 N–H and O–H groups in total. The second-order valence-electron chi connectivity index (χ2n) is 3.41. The lowest BCUT2D eigenvalue weighted by Crippen LogP contribution is -2.17. The lowest BCUT2D eigenvalue weighted by atomic mass is 10.2. The summed E-state index contributed by atoms with van der Waals surface area (Å²) in [5.41, 5.74) is 1.33. The van der Waals surface area contributed by atoms with Gasteiger partial charge >= 0.3 is 0 Å². The van der Waals surface area contributed by atoms with Crippen LogP contribution in [0.1, 0.15) is 18.9 Å². The van der Waals surface area contributed by atoms with Gasteiger partial charge < -0.3 is 10.6 Å². The van der Waals surface area contributed by atoms with Gasteiger partial charge in [0.2, 0.25) is 0 Å². The molecular weight excluding hydrogens is 222 g/mol. The standard InChI is InChI=1S/C12H16ClN3/c1-2-15-7-4-8-16-12-6-3-5-11(13)10(12)9-14/h3,5-6,15-16H,2,4,7-8H2,1H3. The number of nitriles is 1. The Hall–Kier alpha value is -1.24. The van der Waals surface area contributed by atoms with E-state index in [1.54, 1.807) is 6.07 Å². The quantitative estimate of drug-likeness (QED) is 0.748. The van der Waals surface area contributed by atoms with Crippen molar-refractivity contribution < 1.29 is 0 Å². The van der Waals surface area contributed by atoms with E-state index in [0.29, 0.717) is 10.6 Å². The van der Waals surface area contributed by atoms with E-state index >= 15 is 0 Å². The molecule has 0 saturated heterocycles. The van der Waals surface area contributed by atoms with Crippen molar-refractivity contribution in [1.82, 2.24) is 5.32 Å². The fraction of sp³-hybridized carbons (Fsp3) is 0.417. The first-order valence-corrected chi connectivity index (χ1v) is 5.80. The Morgan fingerprint density at radius 3 is 2.88 bits per heavy atom. The van der Waals surface area contributed by atoms with E-state index in [2.05, 4.69) is 23.6 Å². The Morgan fingerprint density at radius 1 is 1.38 bits per heavy atom. The van der Waals surface area contributed by atoms with Crippen molar-refractivity contribution >= 4 is 17.3 Å². The van der Waals surface area contributed by atoms with Crippen LogP contribution in [-0.2, 0) is 0 Å². The van der Waals surface area contributed by atoms with Gasteiger partial charge in [0.1, 0.15) is 6.07 Å². The molecule has 0 unspecified atom stereocenters. The van der Waals surface area contributed by atoms with Gasteiger partial charge in [-0.1, -0.05) is 24.6 Å². The van der Waals surface area contributed by atoms with Crippen molar-refractivity contribution in [3.05, 3.63) is 28.8 Å². The number of nitrogens with one attached hydrogen (secondary N) is 2. The molecule has 0 spiro atoms. The third kappa shape index (κ3) is 3.73. The Bertz CT molecular complexity index is 371. The minimum absolute atomic E-state index is 0.499. The van der Waals surface area contributed by atoms with Crippen LogP contribution in [0, 0.1) is 11.3 Å². The van der Waals surface area contributed by atoms with E-state index in [4.69, 9.17) is 16.9 Å². The van der Waals surface area contributed by atoms with Gasteiger partial charge in [-0.3, -0.25) is 0 Å². The summed E-state index contributed by atoms with van der Waals surface area (Å²) in [5.74, 6) is 0. The summed E-state index contributed by atoms with van der Waals surface area (Å²) < 4.78 is 0. The Kier molecular flexibility index (Phi) is 5.69. The third-order valence-corrected chi connectivity index (χ3v) is 2.54. The fourth-order valence-electron chi connectivity index (χ4n) is 1.40. The van der Waals surface area contributed by atoms with Crippen LogP contribution in [0.3, 0.4) is 0 Å². The minimum Gasteiger partial charge on any atom is -0.384 e. The zero-order chi connectivity index (χ0) is 11.8. The van der Waals surface area contributed by atoms with Crippen LogP contribution in [0.2, 0.25) is 5.02 Å². The molecule has 0 radical (unpaired) electrons. The second kappa shape index (κ2) is 7.10. The normalized spacial score (nSPS) is 9.81. The van der Waals surface area contributed by atoms with E-state index in [0.717, 1.165) is 31.7 Å². The number of rotatable bonds is 6. The van der Waals surface area contributed by atoms with Crippen LogP contribution in [0.4, 0.5) is 5.69 Å². The van der Waals surface area contributed by atoms with E-state index in [9.17, 15) is 0 Å². The summed E-state index contributed by atoms with van der Waals surface area (Å²) in [6.45, 7) is 4.88. The number of nitrogens with zero attached hydrogens (tertiary/aromatic N) is 1. The molecular formula is C12H16ClN3. The SMILES string of the molecule is CCNCCCNc1cccc(Cl)c1C#N. The highest BCUT2D eigenvalue weighted by Gasteiger charge is 2.04. The lowest BCUT2D eigenvalue weighted by Gasteiger charge is -2.09. The average Bonchev–Trinajstić information content (AvgIpc) is 2.29. The average molecular weight is 238 g/mol. The topological polar surface area (TPSA) is 47.8 Å². The van der Waals surface area contributed by atoms with Crippen LogP contribution >= 0.6 is 11.6 Å². The summed E-state index contributed by atoms with van der Waals surface area (Å²) in [5, 5.41) is 15.9. The molecule has 0 amide bonds. The van der Waals surface area contributed by atoms with Crippen molar-refractivity contribution in [2.75, 3.05) is 25.0 Å². The maximum Gasteiger partial charge on any atom is 0.103 e. The van der Waals surface area contributed by atoms with Gasteiger partial charge in [-0.25, -0.2) is 0 Å². The number of benzene rings is 1. The number of anilines is 1. The number of halogens is 1. The highest BCUT2D eigenvalue weighted by Crippen LogP contribution is 2.22. The first kappa shape index (κ1) is 12.8. The van der Waals surface area contributed by atoms with E-state index < -0.39 is 0 Å². The first-order valence-electron chi connectivity index (χ1n) is 5.42. The van der Waals surface area contributed by atoms with Crippen molar-refractivity contribution in [2.24, 2.45) is 0 Å². The van der Waals surface area contributed by atoms with Gasteiger partial charge in [-0.15, -0.1) is 0 Å². The number of hydrogen-bond donors (Lipinski definition) is 2. The maximum atomic E-state index is 8.95. The molecule has 1 aromatic rings. The van der Waals surface area contributed by atoms with Gasteiger partial charge in [0, 0.05) is 6.54 Å². The Labute approximate surface area is 101 Å². The highest BCUT2D eigenvalue weighted by molar-refractivity contribution is 6.32. The molecule has 4 heteroatoms. The largest absolute Gasteiger partial charge is 0.384 e. The van der Waals surface area contributed by atoms with Crippen molar-refractivity contribution in [1.29, 1.82) is 5.26 Å². The van der Waals surface area contributed by atoms with Crippen molar-refractivity contribution in [3.8, 4) is 6.07 Å². The van der Waals surface area contributed by atoms with Crippen LogP contribution in [0.15, 0.2) is 18.2 Å². The van der Waals surface area contributed by atoms with Crippen molar-refractivity contribution in [2.45, 2.75) is 13.3 Å². The summed E-state index contributed by atoms with van der Waals surface area (Å²) in [7, 11) is 0. The molecule has 0 aliphatic rings. The predicted molar refractivity (Wildman–Crippen MR) is 67.8 cm³/mol. The summed E-state index contributed by atoms with van der Waals surface area (Å²) in [6.07, 6.45) is 1.02. The van der Waals surface area contributed by atoms with Crippen LogP contribution in [0.5, 0.6) is 0 Å². The Morgan fingerprint density at radius 2 is 2.19 bits per heavy atom. The highest BCUT2D eigenvalue weighted by atomic mass is 35.5. The maximum absolute atomic E-state index is 8.95. The zero-order valence-corrected chi connectivity index (χ0v) is 10.1. The van der Waals surface area contributed by atoms with Crippen LogP contribution < -0.4 is 10.6 Å². The fourth-order valence-corrected chi connectivity index (χ4v) is 1.62. The molecule has 16 heavy (non-hydrogen) atoms. The van der Waals surface area contributed by atoms with Gasteiger partial charge in [-0.05, 0) is 31.6 Å². The molecule has 0 bridgehead atoms. The second-order valence-corrected chi connectivity index (χ2v) is 3.82. The number of hydrogen-bond acceptors (Lipinski definition) is 3. The monoisotopic (exact) mass is 237 g/mol. The molecule has 0 aliphatic carbocycles. The molecule has 0 aromatic heterocycles. The van der Waals surface area contributed by atoms with Crippen LogP contribution in [-0.4, -0.2) is 19.6 Å². The molecule has 1 aromatic carbocycles. The van der Waals surface area contributed by atoms with E-state index in [1.165, 1.54) is 0 Å². The molecule has 86 valence electrons. The minimum atomic E-state index is 0.499. The molecule has 0 atom stereocenters. The summed E-state index contributed by atoms with van der Waals surface area (Å²) in [4.78, 5) is 0. The summed E-state index contributed by atoms with van der Waals surface area (Å²) >= 11 is 5.92. The Balaban J connectivity index is 2.48. The van der Waals surface area contributed by atoms with E-state index in [-0.39, 0.29) is 0 Å². The molecule has 3 nitrogen and oxygen atoms in total. The lowest BCUT2D eigenvalue weighted by molar-refractivity contribution is 0.688.